The number of aryl methyl sites for hydroxylation is 1. The van der Waals surface area contributed by atoms with Crippen LogP contribution in [0.15, 0.2) is 54.6 Å². The summed E-state index contributed by atoms with van der Waals surface area (Å²) in [6.07, 6.45) is 0.299. The minimum absolute atomic E-state index is 0.0600. The van der Waals surface area contributed by atoms with Gasteiger partial charge in [0.25, 0.3) is 0 Å². The molecule has 1 heterocycles. The molecule has 3 heteroatoms. The topological polar surface area (TPSA) is 30.0 Å². The quantitative estimate of drug-likeness (QED) is 0.660. The van der Waals surface area contributed by atoms with Crippen LogP contribution in [0.5, 0.6) is 0 Å². The number of rotatable bonds is 3. The monoisotopic (exact) mass is 295 g/mol. The summed E-state index contributed by atoms with van der Waals surface area (Å²) in [6, 6.07) is 17.0. The van der Waals surface area contributed by atoms with E-state index < -0.39 is 0 Å². The van der Waals surface area contributed by atoms with E-state index >= 15 is 0 Å². The van der Waals surface area contributed by atoms with Crippen LogP contribution in [0, 0.1) is 6.92 Å². The van der Waals surface area contributed by atoms with Gasteiger partial charge in [-0.25, -0.2) is 0 Å². The summed E-state index contributed by atoms with van der Waals surface area (Å²) < 4.78 is 0. The Morgan fingerprint density at radius 1 is 1.10 bits per heavy atom. The van der Waals surface area contributed by atoms with E-state index in [1.807, 2.05) is 55.5 Å². The number of carbonyl (C=O) groups is 1. The van der Waals surface area contributed by atoms with E-state index in [1.165, 1.54) is 0 Å². The van der Waals surface area contributed by atoms with Crippen molar-refractivity contribution in [1.82, 2.24) is 4.98 Å². The first-order valence-electron chi connectivity index (χ1n) is 6.78. The normalized spacial score (nSPS) is 10.8. The second-order valence-corrected chi connectivity index (χ2v) is 5.43. The number of carbonyl (C=O) groups excluding carboxylic acids is 1. The Bertz CT molecular complexity index is 826. The maximum Gasteiger partial charge on any atom is 0.168 e. The minimum Gasteiger partial charge on any atom is -0.294 e. The van der Waals surface area contributed by atoms with Gasteiger partial charge in [0, 0.05) is 28.1 Å². The molecule has 0 aliphatic heterocycles. The van der Waals surface area contributed by atoms with Crippen molar-refractivity contribution in [2.24, 2.45) is 0 Å². The molecule has 0 N–H and O–H groups in total. The van der Waals surface area contributed by atoms with Crippen LogP contribution in [0.25, 0.3) is 10.9 Å². The summed E-state index contributed by atoms with van der Waals surface area (Å²) in [5.74, 6) is 0.0600. The lowest BCUT2D eigenvalue weighted by molar-refractivity contribution is 0.0994. The Morgan fingerprint density at radius 2 is 1.81 bits per heavy atom. The molecule has 1 aromatic heterocycles. The van der Waals surface area contributed by atoms with Crippen LogP contribution in [0.1, 0.15) is 21.6 Å². The number of nitrogens with zero attached hydrogens (tertiary/aromatic N) is 1. The number of halogens is 1. The molecule has 0 saturated heterocycles. The first-order chi connectivity index (χ1) is 10.1. The van der Waals surface area contributed by atoms with E-state index in [0.29, 0.717) is 17.0 Å². The van der Waals surface area contributed by atoms with Crippen LogP contribution in [-0.4, -0.2) is 10.8 Å². The molecule has 0 atom stereocenters. The van der Waals surface area contributed by atoms with E-state index in [9.17, 15) is 4.79 Å². The largest absolute Gasteiger partial charge is 0.294 e. The maximum atomic E-state index is 12.6. The second-order valence-electron chi connectivity index (χ2n) is 5.02. The molecule has 0 saturated carbocycles. The molecule has 104 valence electrons. The number of pyridine rings is 1. The fourth-order valence-electron chi connectivity index (χ4n) is 2.45. The van der Waals surface area contributed by atoms with Crippen LogP contribution in [0.3, 0.4) is 0 Å². The molecule has 0 amide bonds. The molecule has 2 nitrogen and oxygen atoms in total. The first-order valence-corrected chi connectivity index (χ1v) is 7.16. The highest BCUT2D eigenvalue weighted by Gasteiger charge is 2.13. The first kappa shape index (κ1) is 13.8. The van der Waals surface area contributed by atoms with Crippen molar-refractivity contribution in [1.29, 1.82) is 0 Å². The smallest absolute Gasteiger partial charge is 0.168 e. The van der Waals surface area contributed by atoms with Gasteiger partial charge in [-0.2, -0.15) is 0 Å². The third-order valence-electron chi connectivity index (χ3n) is 3.45. The zero-order valence-electron chi connectivity index (χ0n) is 11.6. The van der Waals surface area contributed by atoms with Gasteiger partial charge >= 0.3 is 0 Å². The van der Waals surface area contributed by atoms with Crippen LogP contribution in [-0.2, 0) is 6.42 Å². The van der Waals surface area contributed by atoms with Crippen molar-refractivity contribution in [2.75, 3.05) is 0 Å². The van der Waals surface area contributed by atoms with Crippen LogP contribution in [0.2, 0.25) is 5.02 Å². The molecule has 0 radical (unpaired) electrons. The van der Waals surface area contributed by atoms with Crippen LogP contribution in [0.4, 0.5) is 0 Å². The van der Waals surface area contributed by atoms with Crippen LogP contribution < -0.4 is 0 Å². The Morgan fingerprint density at radius 3 is 2.62 bits per heavy atom. The van der Waals surface area contributed by atoms with Crippen molar-refractivity contribution < 1.29 is 4.79 Å². The zero-order chi connectivity index (χ0) is 14.8. The summed E-state index contributed by atoms with van der Waals surface area (Å²) >= 11 is 6.14. The lowest BCUT2D eigenvalue weighted by Crippen LogP contribution is -2.06. The number of Topliss-reactive ketones (excluding diaryl/α,β-unsaturated/α-hetero) is 1. The molecular weight excluding hydrogens is 282 g/mol. The van der Waals surface area contributed by atoms with E-state index in [4.69, 9.17) is 11.6 Å². The third kappa shape index (κ3) is 2.81. The fourth-order valence-corrected chi connectivity index (χ4v) is 2.65. The summed E-state index contributed by atoms with van der Waals surface area (Å²) in [6.45, 7) is 1.90. The SMILES string of the molecule is Cc1cc(C(=O)Cc2ccccc2Cl)c2ccccc2n1. The molecule has 0 unspecified atom stereocenters. The molecular formula is C18H14ClNO. The van der Waals surface area contributed by atoms with E-state index in [2.05, 4.69) is 4.98 Å². The van der Waals surface area contributed by atoms with Gasteiger partial charge in [0.15, 0.2) is 5.78 Å². The van der Waals surface area contributed by atoms with Gasteiger partial charge in [0.2, 0.25) is 0 Å². The fraction of sp³-hybridized carbons (Fsp3) is 0.111. The second kappa shape index (κ2) is 5.66. The summed E-state index contributed by atoms with van der Waals surface area (Å²) in [7, 11) is 0. The van der Waals surface area contributed by atoms with Gasteiger partial charge in [0.1, 0.15) is 0 Å². The van der Waals surface area contributed by atoms with Crippen molar-refractivity contribution in [3.63, 3.8) is 0 Å². The number of hydrogen-bond acceptors (Lipinski definition) is 2. The lowest BCUT2D eigenvalue weighted by atomic mass is 9.99. The Kier molecular flexibility index (Phi) is 3.72. The molecule has 2 aromatic carbocycles. The summed E-state index contributed by atoms with van der Waals surface area (Å²) in [5.41, 5.74) is 3.25. The molecule has 3 rings (SSSR count). The van der Waals surface area contributed by atoms with E-state index in [0.717, 1.165) is 22.2 Å². The number of para-hydroxylation sites is 1. The van der Waals surface area contributed by atoms with Crippen molar-refractivity contribution in [2.45, 2.75) is 13.3 Å². The Hall–Kier alpha value is -2.19. The highest BCUT2D eigenvalue weighted by atomic mass is 35.5. The van der Waals surface area contributed by atoms with Gasteiger partial charge in [0.05, 0.1) is 5.52 Å². The van der Waals surface area contributed by atoms with Crippen LogP contribution >= 0.6 is 11.6 Å². The number of benzene rings is 2. The molecule has 0 aliphatic carbocycles. The predicted octanol–water partition coefficient (Wildman–Crippen LogP) is 4.62. The number of hydrogen-bond donors (Lipinski definition) is 0. The van der Waals surface area contributed by atoms with Crippen molar-refractivity contribution in [3.05, 3.63) is 76.4 Å². The van der Waals surface area contributed by atoms with Crippen molar-refractivity contribution in [3.8, 4) is 0 Å². The number of aromatic nitrogens is 1. The van der Waals surface area contributed by atoms with Gasteiger partial charge in [-0.1, -0.05) is 48.0 Å². The number of ketones is 1. The highest BCUT2D eigenvalue weighted by molar-refractivity contribution is 6.31. The Balaban J connectivity index is 2.04. The highest BCUT2D eigenvalue weighted by Crippen LogP contribution is 2.22. The van der Waals surface area contributed by atoms with E-state index in [-0.39, 0.29) is 5.78 Å². The molecule has 0 spiro atoms. The minimum atomic E-state index is 0.0600. The molecule has 21 heavy (non-hydrogen) atoms. The van der Waals surface area contributed by atoms with Gasteiger partial charge in [-0.05, 0) is 30.7 Å². The van der Waals surface area contributed by atoms with Gasteiger partial charge in [-0.15, -0.1) is 0 Å². The van der Waals surface area contributed by atoms with E-state index in [1.54, 1.807) is 6.07 Å². The van der Waals surface area contributed by atoms with Gasteiger partial charge in [-0.3, -0.25) is 9.78 Å². The molecule has 0 fully saturated rings. The molecule has 0 bridgehead atoms. The third-order valence-corrected chi connectivity index (χ3v) is 3.82. The van der Waals surface area contributed by atoms with Crippen molar-refractivity contribution >= 4 is 28.3 Å². The summed E-state index contributed by atoms with van der Waals surface area (Å²) in [4.78, 5) is 17.1. The Labute approximate surface area is 128 Å². The lowest BCUT2D eigenvalue weighted by Gasteiger charge is -2.08. The average Bonchev–Trinajstić information content (AvgIpc) is 2.48. The molecule has 0 aliphatic rings. The van der Waals surface area contributed by atoms with Gasteiger partial charge < -0.3 is 0 Å². The maximum absolute atomic E-state index is 12.6. The predicted molar refractivity (Wildman–Crippen MR) is 86.0 cm³/mol. The zero-order valence-corrected chi connectivity index (χ0v) is 12.4. The number of fused-ring (bicyclic) bond motifs is 1. The summed E-state index contributed by atoms with van der Waals surface area (Å²) in [5, 5.41) is 1.51. The standard InChI is InChI=1S/C18H14ClNO/c1-12-10-15(14-7-3-5-9-17(14)20-12)18(21)11-13-6-2-4-8-16(13)19/h2-10H,11H2,1H3. The average molecular weight is 296 g/mol. The molecule has 3 aromatic rings.